The van der Waals surface area contributed by atoms with Crippen LogP contribution in [0.25, 0.3) is 0 Å². The first-order valence-corrected chi connectivity index (χ1v) is 5.96. The van der Waals surface area contributed by atoms with E-state index in [4.69, 9.17) is 10.5 Å². The molecular formula is C12H16BrNO2. The number of rotatable bonds is 4. The van der Waals surface area contributed by atoms with Crippen LogP contribution in [0.2, 0.25) is 0 Å². The predicted molar refractivity (Wildman–Crippen MR) is 67.5 cm³/mol. The molecule has 0 spiro atoms. The zero-order chi connectivity index (χ0) is 12.3. The molecule has 3 nitrogen and oxygen atoms in total. The van der Waals surface area contributed by atoms with Crippen LogP contribution in [0.4, 0.5) is 0 Å². The molecular weight excluding hydrogens is 270 g/mol. The maximum absolute atomic E-state index is 10.9. The van der Waals surface area contributed by atoms with Gasteiger partial charge in [0.1, 0.15) is 5.75 Å². The van der Waals surface area contributed by atoms with Gasteiger partial charge in [-0.05, 0) is 46.5 Å². The van der Waals surface area contributed by atoms with Crippen molar-refractivity contribution in [2.24, 2.45) is 5.73 Å². The zero-order valence-electron chi connectivity index (χ0n) is 9.66. The van der Waals surface area contributed by atoms with Gasteiger partial charge in [-0.2, -0.15) is 0 Å². The summed E-state index contributed by atoms with van der Waals surface area (Å²) in [7, 11) is 0. The minimum absolute atomic E-state index is 0.457. The third-order valence-electron chi connectivity index (χ3n) is 2.33. The quantitative estimate of drug-likeness (QED) is 0.925. The van der Waals surface area contributed by atoms with E-state index in [0.29, 0.717) is 11.7 Å². The fourth-order valence-corrected chi connectivity index (χ4v) is 1.71. The molecule has 16 heavy (non-hydrogen) atoms. The van der Waals surface area contributed by atoms with Gasteiger partial charge in [-0.3, -0.25) is 4.79 Å². The van der Waals surface area contributed by atoms with E-state index in [-0.39, 0.29) is 0 Å². The van der Waals surface area contributed by atoms with Gasteiger partial charge in [0.05, 0.1) is 4.47 Å². The average molecular weight is 286 g/mol. The molecule has 2 N–H and O–H groups in total. The van der Waals surface area contributed by atoms with Gasteiger partial charge in [-0.25, -0.2) is 0 Å². The lowest BCUT2D eigenvalue weighted by Crippen LogP contribution is -2.30. The van der Waals surface area contributed by atoms with Crippen molar-refractivity contribution in [2.75, 3.05) is 0 Å². The Balaban J connectivity index is 2.87. The monoisotopic (exact) mass is 285 g/mol. The highest BCUT2D eigenvalue weighted by molar-refractivity contribution is 9.10. The highest BCUT2D eigenvalue weighted by atomic mass is 79.9. The van der Waals surface area contributed by atoms with E-state index in [1.165, 1.54) is 5.56 Å². The Kier molecular flexibility index (Phi) is 4.35. The Morgan fingerprint density at radius 1 is 1.38 bits per heavy atom. The van der Waals surface area contributed by atoms with Gasteiger partial charge >= 0.3 is 0 Å². The van der Waals surface area contributed by atoms with Crippen LogP contribution in [-0.2, 0) is 4.79 Å². The van der Waals surface area contributed by atoms with E-state index in [2.05, 4.69) is 29.8 Å². The standard InChI is InChI=1S/C12H16BrNO2/c1-7(2)9-4-5-11(10(13)6-9)16-8(3)12(14)15/h4-8H,1-3H3,(H2,14,15). The van der Waals surface area contributed by atoms with Crippen LogP contribution in [0.1, 0.15) is 32.3 Å². The van der Waals surface area contributed by atoms with Crippen molar-refractivity contribution in [1.29, 1.82) is 0 Å². The molecule has 1 atom stereocenters. The van der Waals surface area contributed by atoms with Gasteiger partial charge in [0.15, 0.2) is 6.10 Å². The largest absolute Gasteiger partial charge is 0.480 e. The van der Waals surface area contributed by atoms with Gasteiger partial charge < -0.3 is 10.5 Å². The predicted octanol–water partition coefficient (Wildman–Crippen LogP) is 2.83. The number of hydrogen-bond acceptors (Lipinski definition) is 2. The third-order valence-corrected chi connectivity index (χ3v) is 2.95. The summed E-state index contributed by atoms with van der Waals surface area (Å²) < 4.78 is 6.26. The van der Waals surface area contributed by atoms with E-state index in [0.717, 1.165) is 4.47 Å². The van der Waals surface area contributed by atoms with E-state index in [1.807, 2.05) is 18.2 Å². The van der Waals surface area contributed by atoms with Crippen LogP contribution in [-0.4, -0.2) is 12.0 Å². The molecule has 0 saturated heterocycles. The lowest BCUT2D eigenvalue weighted by Gasteiger charge is -2.14. The van der Waals surface area contributed by atoms with Crippen molar-refractivity contribution in [3.8, 4) is 5.75 Å². The number of amides is 1. The molecule has 0 bridgehead atoms. The minimum atomic E-state index is -0.624. The number of primary amides is 1. The van der Waals surface area contributed by atoms with Crippen LogP contribution in [0, 0.1) is 0 Å². The number of carbonyl (C=O) groups is 1. The van der Waals surface area contributed by atoms with Crippen molar-refractivity contribution >= 4 is 21.8 Å². The van der Waals surface area contributed by atoms with Crippen molar-refractivity contribution in [3.05, 3.63) is 28.2 Å². The minimum Gasteiger partial charge on any atom is -0.480 e. The number of carbonyl (C=O) groups excluding carboxylic acids is 1. The Labute approximate surface area is 104 Å². The highest BCUT2D eigenvalue weighted by Crippen LogP contribution is 2.29. The molecule has 0 saturated carbocycles. The number of halogens is 1. The summed E-state index contributed by atoms with van der Waals surface area (Å²) in [5.74, 6) is 0.620. The van der Waals surface area contributed by atoms with Gasteiger partial charge in [-0.1, -0.05) is 19.9 Å². The Morgan fingerprint density at radius 2 is 2.00 bits per heavy atom. The molecule has 1 aromatic carbocycles. The fourth-order valence-electron chi connectivity index (χ4n) is 1.22. The van der Waals surface area contributed by atoms with Gasteiger partial charge in [0.2, 0.25) is 0 Å². The van der Waals surface area contributed by atoms with E-state index in [9.17, 15) is 4.79 Å². The Morgan fingerprint density at radius 3 is 2.44 bits per heavy atom. The summed E-state index contributed by atoms with van der Waals surface area (Å²) in [6.07, 6.45) is -0.624. The van der Waals surface area contributed by atoms with Gasteiger partial charge in [0, 0.05) is 0 Å². The molecule has 0 aliphatic rings. The molecule has 0 aliphatic carbocycles. The second kappa shape index (κ2) is 5.34. The third kappa shape index (κ3) is 3.23. The summed E-state index contributed by atoms with van der Waals surface area (Å²) in [6, 6.07) is 5.82. The van der Waals surface area contributed by atoms with Crippen molar-refractivity contribution in [1.82, 2.24) is 0 Å². The molecule has 0 aromatic heterocycles. The topological polar surface area (TPSA) is 52.3 Å². The number of hydrogen-bond donors (Lipinski definition) is 1. The summed E-state index contributed by atoms with van der Waals surface area (Å²) in [6.45, 7) is 5.87. The molecule has 0 heterocycles. The molecule has 1 amide bonds. The number of nitrogens with two attached hydrogens (primary N) is 1. The maximum atomic E-state index is 10.9. The van der Waals surface area contributed by atoms with E-state index < -0.39 is 12.0 Å². The van der Waals surface area contributed by atoms with Crippen LogP contribution in [0.5, 0.6) is 5.75 Å². The summed E-state index contributed by atoms with van der Waals surface area (Å²) in [5, 5.41) is 0. The summed E-state index contributed by atoms with van der Waals surface area (Å²) >= 11 is 3.42. The molecule has 88 valence electrons. The average Bonchev–Trinajstić information content (AvgIpc) is 2.20. The SMILES string of the molecule is CC(Oc1ccc(C(C)C)cc1Br)C(N)=O. The van der Waals surface area contributed by atoms with Crippen molar-refractivity contribution in [2.45, 2.75) is 32.8 Å². The van der Waals surface area contributed by atoms with Crippen LogP contribution < -0.4 is 10.5 Å². The smallest absolute Gasteiger partial charge is 0.258 e. The lowest BCUT2D eigenvalue weighted by atomic mass is 10.0. The fraction of sp³-hybridized carbons (Fsp3) is 0.417. The maximum Gasteiger partial charge on any atom is 0.258 e. The first-order chi connectivity index (χ1) is 7.41. The Bertz CT molecular complexity index is 391. The summed E-state index contributed by atoms with van der Waals surface area (Å²) in [4.78, 5) is 10.9. The highest BCUT2D eigenvalue weighted by Gasteiger charge is 2.12. The van der Waals surface area contributed by atoms with Gasteiger partial charge in [0.25, 0.3) is 5.91 Å². The zero-order valence-corrected chi connectivity index (χ0v) is 11.2. The molecule has 4 heteroatoms. The van der Waals surface area contributed by atoms with E-state index >= 15 is 0 Å². The lowest BCUT2D eigenvalue weighted by molar-refractivity contribution is -0.124. The normalized spacial score (nSPS) is 12.6. The first kappa shape index (κ1) is 13.0. The van der Waals surface area contributed by atoms with Crippen LogP contribution in [0.3, 0.4) is 0 Å². The molecule has 0 fully saturated rings. The van der Waals surface area contributed by atoms with Crippen LogP contribution >= 0.6 is 15.9 Å². The van der Waals surface area contributed by atoms with Gasteiger partial charge in [-0.15, -0.1) is 0 Å². The first-order valence-electron chi connectivity index (χ1n) is 5.17. The van der Waals surface area contributed by atoms with Crippen molar-refractivity contribution < 1.29 is 9.53 Å². The van der Waals surface area contributed by atoms with Crippen molar-refractivity contribution in [3.63, 3.8) is 0 Å². The molecule has 1 unspecified atom stereocenters. The second-order valence-electron chi connectivity index (χ2n) is 4.01. The Hall–Kier alpha value is -1.03. The molecule has 1 rings (SSSR count). The summed E-state index contributed by atoms with van der Waals surface area (Å²) in [5.41, 5.74) is 6.35. The number of ether oxygens (including phenoxy) is 1. The number of benzene rings is 1. The molecule has 0 radical (unpaired) electrons. The molecule has 0 aliphatic heterocycles. The van der Waals surface area contributed by atoms with Crippen LogP contribution in [0.15, 0.2) is 22.7 Å². The van der Waals surface area contributed by atoms with E-state index in [1.54, 1.807) is 6.92 Å². The molecule has 1 aromatic rings. The second-order valence-corrected chi connectivity index (χ2v) is 4.86.